The SMILES string of the molecule is O=Cc1c2c(c(OC(c3ccccc3)c3ccccc3)c3ncccc13)C(=O)N(Cc1ccc(F)cc1)C2=O. The van der Waals surface area contributed by atoms with Gasteiger partial charge >= 0.3 is 0 Å². The van der Waals surface area contributed by atoms with Gasteiger partial charge < -0.3 is 4.74 Å². The molecule has 1 aliphatic heterocycles. The first-order valence-electron chi connectivity index (χ1n) is 12.3. The van der Waals surface area contributed by atoms with Gasteiger partial charge in [-0.3, -0.25) is 24.3 Å². The molecule has 7 heteroatoms. The molecule has 4 aromatic carbocycles. The summed E-state index contributed by atoms with van der Waals surface area (Å²) in [6, 6.07) is 27.9. The van der Waals surface area contributed by atoms with Crippen LogP contribution < -0.4 is 4.74 Å². The van der Waals surface area contributed by atoms with Crippen LogP contribution in [-0.4, -0.2) is 28.0 Å². The van der Waals surface area contributed by atoms with Gasteiger partial charge in [0.2, 0.25) is 0 Å². The van der Waals surface area contributed by atoms with Crippen LogP contribution in [0.15, 0.2) is 103 Å². The number of hydrogen-bond acceptors (Lipinski definition) is 5. The van der Waals surface area contributed by atoms with E-state index in [4.69, 9.17) is 4.74 Å². The predicted octanol–water partition coefficient (Wildman–Crippen LogP) is 6.15. The van der Waals surface area contributed by atoms with Crippen molar-refractivity contribution in [1.82, 2.24) is 9.88 Å². The van der Waals surface area contributed by atoms with E-state index in [9.17, 15) is 18.8 Å². The lowest BCUT2D eigenvalue weighted by molar-refractivity contribution is 0.0639. The smallest absolute Gasteiger partial charge is 0.265 e. The topological polar surface area (TPSA) is 76.6 Å². The van der Waals surface area contributed by atoms with E-state index in [0.717, 1.165) is 16.0 Å². The molecule has 190 valence electrons. The Kier molecular flexibility index (Phi) is 6.17. The summed E-state index contributed by atoms with van der Waals surface area (Å²) in [6.45, 7) is -0.0884. The van der Waals surface area contributed by atoms with Crippen LogP contribution in [0.25, 0.3) is 10.9 Å². The van der Waals surface area contributed by atoms with Gasteiger partial charge in [0.05, 0.1) is 17.7 Å². The largest absolute Gasteiger partial charge is 0.478 e. The number of benzene rings is 4. The number of nitrogens with zero attached hydrogens (tertiary/aromatic N) is 2. The number of carbonyl (C=O) groups excluding carboxylic acids is 3. The molecule has 39 heavy (non-hydrogen) atoms. The van der Waals surface area contributed by atoms with Gasteiger partial charge in [0.1, 0.15) is 17.4 Å². The summed E-state index contributed by atoms with van der Waals surface area (Å²) >= 11 is 0. The van der Waals surface area contributed by atoms with Crippen molar-refractivity contribution in [1.29, 1.82) is 0 Å². The molecule has 2 heterocycles. The molecular weight excluding hydrogens is 495 g/mol. The molecule has 2 amide bonds. The molecule has 5 aromatic rings. The number of rotatable bonds is 7. The van der Waals surface area contributed by atoms with Gasteiger partial charge in [0.15, 0.2) is 12.0 Å². The Bertz CT molecular complexity index is 1680. The Hall–Kier alpha value is -5.17. The molecule has 0 saturated heterocycles. The zero-order valence-electron chi connectivity index (χ0n) is 20.6. The van der Waals surface area contributed by atoms with Crippen molar-refractivity contribution in [3.05, 3.63) is 142 Å². The van der Waals surface area contributed by atoms with Crippen LogP contribution in [0.4, 0.5) is 4.39 Å². The lowest BCUT2D eigenvalue weighted by Crippen LogP contribution is -2.29. The van der Waals surface area contributed by atoms with Gasteiger partial charge in [0.25, 0.3) is 11.8 Å². The van der Waals surface area contributed by atoms with Gasteiger partial charge in [0, 0.05) is 17.1 Å². The number of amides is 2. The highest BCUT2D eigenvalue weighted by atomic mass is 19.1. The number of carbonyl (C=O) groups is 3. The molecule has 0 spiro atoms. The second kappa shape index (κ2) is 9.95. The average molecular weight is 517 g/mol. The molecule has 1 aromatic heterocycles. The summed E-state index contributed by atoms with van der Waals surface area (Å²) in [6.07, 6.45) is 1.50. The van der Waals surface area contributed by atoms with Gasteiger partial charge in [-0.1, -0.05) is 78.9 Å². The summed E-state index contributed by atoms with van der Waals surface area (Å²) < 4.78 is 20.1. The average Bonchev–Trinajstić information content (AvgIpc) is 3.22. The van der Waals surface area contributed by atoms with E-state index >= 15 is 0 Å². The lowest BCUT2D eigenvalue weighted by atomic mass is 9.96. The van der Waals surface area contributed by atoms with Crippen molar-refractivity contribution in [3.8, 4) is 5.75 Å². The fraction of sp³-hybridized carbons (Fsp3) is 0.0625. The van der Waals surface area contributed by atoms with Gasteiger partial charge in [-0.15, -0.1) is 0 Å². The van der Waals surface area contributed by atoms with E-state index in [1.807, 2.05) is 60.7 Å². The fourth-order valence-corrected chi connectivity index (χ4v) is 4.95. The highest BCUT2D eigenvalue weighted by molar-refractivity contribution is 6.28. The molecule has 0 N–H and O–H groups in total. The first-order valence-corrected chi connectivity index (χ1v) is 12.3. The van der Waals surface area contributed by atoms with E-state index in [-0.39, 0.29) is 29.0 Å². The molecule has 0 radical (unpaired) electrons. The van der Waals surface area contributed by atoms with E-state index in [1.54, 1.807) is 18.3 Å². The van der Waals surface area contributed by atoms with Crippen LogP contribution in [0, 0.1) is 5.82 Å². The Morgan fingerprint density at radius 3 is 2.03 bits per heavy atom. The van der Waals surface area contributed by atoms with E-state index < -0.39 is 23.7 Å². The van der Waals surface area contributed by atoms with E-state index in [0.29, 0.717) is 22.8 Å². The maximum Gasteiger partial charge on any atom is 0.265 e. The molecule has 1 aliphatic rings. The third-order valence-electron chi connectivity index (χ3n) is 6.79. The maximum atomic E-state index is 13.9. The molecule has 0 bridgehead atoms. The maximum absolute atomic E-state index is 13.9. The first kappa shape index (κ1) is 24.2. The number of halogens is 1. The molecule has 6 nitrogen and oxygen atoms in total. The lowest BCUT2D eigenvalue weighted by Gasteiger charge is -2.23. The number of fused-ring (bicyclic) bond motifs is 2. The van der Waals surface area contributed by atoms with Crippen molar-refractivity contribution in [2.45, 2.75) is 12.6 Å². The van der Waals surface area contributed by atoms with Crippen LogP contribution in [-0.2, 0) is 6.54 Å². The van der Waals surface area contributed by atoms with Gasteiger partial charge in [-0.25, -0.2) is 4.39 Å². The summed E-state index contributed by atoms with van der Waals surface area (Å²) in [4.78, 5) is 45.4. The van der Waals surface area contributed by atoms with Crippen molar-refractivity contribution in [3.63, 3.8) is 0 Å². The third kappa shape index (κ3) is 4.24. The second-order valence-corrected chi connectivity index (χ2v) is 9.15. The minimum absolute atomic E-state index is 0.00715. The monoisotopic (exact) mass is 516 g/mol. The Morgan fingerprint density at radius 1 is 0.795 bits per heavy atom. The highest BCUT2D eigenvalue weighted by Crippen LogP contribution is 2.42. The summed E-state index contributed by atoms with van der Waals surface area (Å²) in [5.74, 6) is -1.52. The fourth-order valence-electron chi connectivity index (χ4n) is 4.95. The molecular formula is C32H21FN2O4. The Labute approximate surface area is 223 Å². The number of pyridine rings is 1. The highest BCUT2D eigenvalue weighted by Gasteiger charge is 2.42. The number of ether oxygens (including phenoxy) is 1. The summed E-state index contributed by atoms with van der Waals surface area (Å²) in [7, 11) is 0. The first-order chi connectivity index (χ1) is 19.1. The predicted molar refractivity (Wildman–Crippen MR) is 143 cm³/mol. The van der Waals surface area contributed by atoms with Crippen molar-refractivity contribution in [2.24, 2.45) is 0 Å². The zero-order valence-corrected chi connectivity index (χ0v) is 20.6. The molecule has 0 unspecified atom stereocenters. The van der Waals surface area contributed by atoms with Crippen LogP contribution in [0.1, 0.15) is 53.9 Å². The summed E-state index contributed by atoms with van der Waals surface area (Å²) in [5.41, 5.74) is 2.59. The van der Waals surface area contributed by atoms with Crippen molar-refractivity contribution < 1.29 is 23.5 Å². The third-order valence-corrected chi connectivity index (χ3v) is 6.79. The molecule has 0 aliphatic carbocycles. The van der Waals surface area contributed by atoms with Crippen LogP contribution in [0.2, 0.25) is 0 Å². The number of aldehydes is 1. The van der Waals surface area contributed by atoms with Crippen molar-refractivity contribution in [2.75, 3.05) is 0 Å². The van der Waals surface area contributed by atoms with E-state index in [2.05, 4.69) is 4.98 Å². The van der Waals surface area contributed by atoms with Gasteiger partial charge in [-0.05, 0) is 34.9 Å². The van der Waals surface area contributed by atoms with Crippen molar-refractivity contribution >= 4 is 29.0 Å². The zero-order chi connectivity index (χ0) is 26.9. The Balaban J connectivity index is 1.55. The van der Waals surface area contributed by atoms with Crippen LogP contribution >= 0.6 is 0 Å². The number of aromatic nitrogens is 1. The normalized spacial score (nSPS) is 12.7. The van der Waals surface area contributed by atoms with Crippen LogP contribution in [0.5, 0.6) is 5.75 Å². The number of hydrogen-bond donors (Lipinski definition) is 0. The minimum atomic E-state index is -0.627. The molecule has 6 rings (SSSR count). The van der Waals surface area contributed by atoms with Gasteiger partial charge in [-0.2, -0.15) is 0 Å². The molecule has 0 fully saturated rings. The van der Waals surface area contributed by atoms with Crippen LogP contribution in [0.3, 0.4) is 0 Å². The Morgan fingerprint density at radius 2 is 1.41 bits per heavy atom. The van der Waals surface area contributed by atoms with E-state index in [1.165, 1.54) is 24.3 Å². The second-order valence-electron chi connectivity index (χ2n) is 9.15. The minimum Gasteiger partial charge on any atom is -0.478 e. The summed E-state index contributed by atoms with van der Waals surface area (Å²) in [5, 5.41) is 0.408. The standard InChI is InChI=1S/C32H21FN2O4/c33-23-15-13-20(14-16-23)18-35-31(37)26-25(19-36)24-12-7-17-34-28(24)30(27(26)32(35)38)39-29(21-8-3-1-4-9-21)22-10-5-2-6-11-22/h1-17,19,29H,18H2. The molecule has 0 atom stereocenters. The number of imide groups is 1. The molecule has 0 saturated carbocycles. The quantitative estimate of drug-likeness (QED) is 0.192.